The number of nitrogens with one attached hydrogen (secondary N) is 1. The Hall–Kier alpha value is -3.69. The Morgan fingerprint density at radius 3 is 2.53 bits per heavy atom. The summed E-state index contributed by atoms with van der Waals surface area (Å²) in [5.41, 5.74) is -1.46. The zero-order chi connectivity index (χ0) is 21.9. The lowest BCUT2D eigenvalue weighted by atomic mass is 10.1. The first-order valence-corrected chi connectivity index (χ1v) is 8.96. The number of anilines is 1. The molecule has 2 aromatic rings. The number of pyridine rings is 1. The predicted octanol–water partition coefficient (Wildman–Crippen LogP) is 3.45. The first-order chi connectivity index (χ1) is 14.2. The number of carbonyl (C=O) groups excluding carboxylic acids is 3. The van der Waals surface area contributed by atoms with Crippen molar-refractivity contribution in [2.24, 2.45) is 0 Å². The lowest BCUT2D eigenvalue weighted by Crippen LogP contribution is -2.47. The molecule has 1 N–H and O–H groups in total. The van der Waals surface area contributed by atoms with E-state index < -0.39 is 29.2 Å². The molecule has 156 valence electrons. The van der Waals surface area contributed by atoms with Crippen LogP contribution in [0.25, 0.3) is 0 Å². The van der Waals surface area contributed by atoms with Gasteiger partial charge in [-0.15, -0.1) is 0 Å². The van der Waals surface area contributed by atoms with E-state index in [2.05, 4.69) is 10.3 Å². The summed E-state index contributed by atoms with van der Waals surface area (Å²) in [4.78, 5) is 43.1. The number of benzene rings is 1. The fourth-order valence-corrected chi connectivity index (χ4v) is 2.86. The lowest BCUT2D eigenvalue weighted by molar-refractivity contribution is -0.138. The van der Waals surface area contributed by atoms with Crippen LogP contribution < -0.4 is 10.2 Å². The quantitative estimate of drug-likeness (QED) is 0.825. The minimum atomic E-state index is -4.74. The van der Waals surface area contributed by atoms with E-state index in [-0.39, 0.29) is 23.8 Å². The monoisotopic (exact) mass is 418 g/mol. The summed E-state index contributed by atoms with van der Waals surface area (Å²) in [6.45, 7) is 2.02. The summed E-state index contributed by atoms with van der Waals surface area (Å²) >= 11 is 0. The van der Waals surface area contributed by atoms with Crippen molar-refractivity contribution in [3.8, 4) is 0 Å². The molecular formula is C20H17F3N4O3. The molecule has 10 heteroatoms. The fraction of sp³-hybridized carbons (Fsp3) is 0.200. The molecule has 4 amide bonds. The van der Waals surface area contributed by atoms with E-state index in [0.717, 1.165) is 17.0 Å². The maximum Gasteiger partial charge on any atom is 0.417 e. The van der Waals surface area contributed by atoms with Crippen molar-refractivity contribution in [3.63, 3.8) is 0 Å². The Kier molecular flexibility index (Phi) is 5.86. The first kappa shape index (κ1) is 21.0. The van der Waals surface area contributed by atoms with Crippen molar-refractivity contribution in [2.75, 3.05) is 18.0 Å². The maximum atomic E-state index is 13.2. The third kappa shape index (κ3) is 4.17. The summed E-state index contributed by atoms with van der Waals surface area (Å²) in [6.07, 6.45) is -0.650. The third-order valence-corrected chi connectivity index (χ3v) is 4.28. The number of urea groups is 1. The molecule has 1 aromatic carbocycles. The number of alkyl halides is 3. The SMILES string of the molecule is CCNC(=O)c1ccc(N2C=CCN(C(=O)c3ccccc3C(F)(F)F)C2=O)nc1. The highest BCUT2D eigenvalue weighted by molar-refractivity contribution is 6.10. The standard InChI is InChI=1S/C20H17F3N4O3/c1-2-24-17(28)13-8-9-16(25-12-13)26-10-5-11-27(19(26)30)18(29)14-6-3-4-7-15(14)20(21,22)23/h3-10,12H,2,11H2,1H3,(H,24,28). The van der Waals surface area contributed by atoms with Gasteiger partial charge in [-0.25, -0.2) is 9.78 Å². The molecule has 0 saturated heterocycles. The molecule has 1 aliphatic heterocycles. The van der Waals surface area contributed by atoms with E-state index >= 15 is 0 Å². The second-order valence-electron chi connectivity index (χ2n) is 6.26. The van der Waals surface area contributed by atoms with Gasteiger partial charge in [-0.2, -0.15) is 13.2 Å². The van der Waals surface area contributed by atoms with Crippen LogP contribution in [0.5, 0.6) is 0 Å². The van der Waals surface area contributed by atoms with E-state index in [0.29, 0.717) is 11.4 Å². The Morgan fingerprint density at radius 1 is 1.17 bits per heavy atom. The molecule has 7 nitrogen and oxygen atoms in total. The van der Waals surface area contributed by atoms with Crippen LogP contribution >= 0.6 is 0 Å². The van der Waals surface area contributed by atoms with Crippen LogP contribution in [0, 0.1) is 0 Å². The lowest BCUT2D eigenvalue weighted by Gasteiger charge is -2.30. The van der Waals surface area contributed by atoms with Gasteiger partial charge < -0.3 is 5.32 Å². The van der Waals surface area contributed by atoms with E-state index in [1.165, 1.54) is 42.7 Å². The van der Waals surface area contributed by atoms with Gasteiger partial charge in [-0.3, -0.25) is 19.4 Å². The van der Waals surface area contributed by atoms with Crippen molar-refractivity contribution < 1.29 is 27.6 Å². The summed E-state index contributed by atoms with van der Waals surface area (Å²) in [5.74, 6) is -1.29. The molecule has 30 heavy (non-hydrogen) atoms. The van der Waals surface area contributed by atoms with E-state index in [9.17, 15) is 27.6 Å². The number of carbonyl (C=O) groups is 3. The molecule has 0 aliphatic carbocycles. The average Bonchev–Trinajstić information content (AvgIpc) is 2.73. The molecule has 0 spiro atoms. The minimum absolute atomic E-state index is 0.117. The smallest absolute Gasteiger partial charge is 0.352 e. The highest BCUT2D eigenvalue weighted by Crippen LogP contribution is 2.33. The summed E-state index contributed by atoms with van der Waals surface area (Å²) in [6, 6.07) is 6.30. The van der Waals surface area contributed by atoms with Gasteiger partial charge in [0.1, 0.15) is 5.82 Å². The number of imide groups is 1. The van der Waals surface area contributed by atoms with Crippen LogP contribution in [0.2, 0.25) is 0 Å². The highest BCUT2D eigenvalue weighted by Gasteiger charge is 2.38. The van der Waals surface area contributed by atoms with Crippen LogP contribution in [0.1, 0.15) is 33.2 Å². The van der Waals surface area contributed by atoms with Crippen LogP contribution in [-0.4, -0.2) is 40.8 Å². The Balaban J connectivity index is 1.86. The predicted molar refractivity (Wildman–Crippen MR) is 102 cm³/mol. The summed E-state index contributed by atoms with van der Waals surface area (Å²) in [7, 11) is 0. The van der Waals surface area contributed by atoms with Crippen molar-refractivity contribution >= 4 is 23.7 Å². The van der Waals surface area contributed by atoms with E-state index in [1.807, 2.05) is 0 Å². The Bertz CT molecular complexity index is 1000. The Labute approximate surface area is 169 Å². The normalized spacial score (nSPS) is 14.1. The van der Waals surface area contributed by atoms with Crippen molar-refractivity contribution in [1.29, 1.82) is 0 Å². The summed E-state index contributed by atoms with van der Waals surface area (Å²) in [5, 5.41) is 2.61. The zero-order valence-corrected chi connectivity index (χ0v) is 15.8. The number of amides is 4. The van der Waals surface area contributed by atoms with E-state index in [1.54, 1.807) is 6.92 Å². The number of nitrogens with zero attached hydrogens (tertiary/aromatic N) is 3. The van der Waals surface area contributed by atoms with Crippen molar-refractivity contribution in [2.45, 2.75) is 13.1 Å². The second kappa shape index (κ2) is 8.36. The van der Waals surface area contributed by atoms with Gasteiger partial charge in [-0.1, -0.05) is 12.1 Å². The van der Waals surface area contributed by atoms with Gasteiger partial charge in [0.25, 0.3) is 11.8 Å². The topological polar surface area (TPSA) is 82.6 Å². The van der Waals surface area contributed by atoms with Crippen molar-refractivity contribution in [1.82, 2.24) is 15.2 Å². The molecule has 0 atom stereocenters. The molecule has 0 bridgehead atoms. The summed E-state index contributed by atoms with van der Waals surface area (Å²) < 4.78 is 39.7. The van der Waals surface area contributed by atoms with Crippen molar-refractivity contribution in [3.05, 3.63) is 71.6 Å². The first-order valence-electron chi connectivity index (χ1n) is 8.96. The van der Waals surface area contributed by atoms with Crippen LogP contribution in [0.15, 0.2) is 54.9 Å². The average molecular weight is 418 g/mol. The van der Waals surface area contributed by atoms with Gasteiger partial charge in [0.05, 0.1) is 23.2 Å². The second-order valence-corrected chi connectivity index (χ2v) is 6.26. The van der Waals surface area contributed by atoms with Gasteiger partial charge in [0.15, 0.2) is 0 Å². The van der Waals surface area contributed by atoms with Crippen LogP contribution in [0.3, 0.4) is 0 Å². The Morgan fingerprint density at radius 2 is 1.90 bits per heavy atom. The molecule has 1 aliphatic rings. The highest BCUT2D eigenvalue weighted by atomic mass is 19.4. The molecule has 2 heterocycles. The number of aromatic nitrogens is 1. The molecule has 3 rings (SSSR count). The van der Waals surface area contributed by atoms with Crippen LogP contribution in [-0.2, 0) is 6.18 Å². The number of halogens is 3. The largest absolute Gasteiger partial charge is 0.417 e. The van der Waals surface area contributed by atoms with Gasteiger partial charge >= 0.3 is 12.2 Å². The molecule has 1 aromatic heterocycles. The van der Waals surface area contributed by atoms with Crippen LogP contribution in [0.4, 0.5) is 23.8 Å². The van der Waals surface area contributed by atoms with Gasteiger partial charge in [-0.05, 0) is 37.3 Å². The zero-order valence-electron chi connectivity index (χ0n) is 15.8. The van der Waals surface area contributed by atoms with Gasteiger partial charge in [0.2, 0.25) is 0 Å². The molecular weight excluding hydrogens is 401 g/mol. The molecule has 0 unspecified atom stereocenters. The third-order valence-electron chi connectivity index (χ3n) is 4.28. The fourth-order valence-electron chi connectivity index (χ4n) is 2.86. The molecule has 0 fully saturated rings. The maximum absolute atomic E-state index is 13.2. The van der Waals surface area contributed by atoms with Gasteiger partial charge in [0, 0.05) is 18.9 Å². The number of hydrogen-bond acceptors (Lipinski definition) is 4. The van der Waals surface area contributed by atoms with E-state index in [4.69, 9.17) is 0 Å². The minimum Gasteiger partial charge on any atom is -0.352 e. The molecule has 0 saturated carbocycles. The number of hydrogen-bond donors (Lipinski definition) is 1. The number of rotatable bonds is 4. The molecule has 0 radical (unpaired) electrons.